The molecule has 3 rings (SSSR count). The summed E-state index contributed by atoms with van der Waals surface area (Å²) in [6, 6.07) is 0. The van der Waals surface area contributed by atoms with Crippen LogP contribution in [0.4, 0.5) is 0 Å². The van der Waals surface area contributed by atoms with Crippen LogP contribution in [0.3, 0.4) is 0 Å². The van der Waals surface area contributed by atoms with Gasteiger partial charge in [0.1, 0.15) is 0 Å². The first-order valence-corrected chi connectivity index (χ1v) is 6.78. The lowest BCUT2D eigenvalue weighted by molar-refractivity contribution is -0.504. The number of allylic oxidation sites excluding steroid dienone is 4. The van der Waals surface area contributed by atoms with E-state index < -0.39 is 0 Å². The third kappa shape index (κ3) is 1.21. The summed E-state index contributed by atoms with van der Waals surface area (Å²) < 4.78 is 8.34. The maximum absolute atomic E-state index is 5.97. The smallest absolute Gasteiger partial charge is 0.293 e. The number of ether oxygens (including phenoxy) is 1. The van der Waals surface area contributed by atoms with E-state index >= 15 is 0 Å². The topological polar surface area (TPSA) is 12.2 Å². The largest absolute Gasteiger partial charge is 0.429 e. The van der Waals surface area contributed by atoms with Crippen LogP contribution >= 0.6 is 0 Å². The Morgan fingerprint density at radius 3 is 2.33 bits per heavy atom. The fraction of sp³-hybridized carbons (Fsp3) is 0.562. The van der Waals surface area contributed by atoms with E-state index in [1.807, 2.05) is 0 Å². The number of hydrogen-bond acceptors (Lipinski definition) is 1. The van der Waals surface area contributed by atoms with Crippen molar-refractivity contribution in [2.45, 2.75) is 41.5 Å². The predicted octanol–water partition coefficient (Wildman–Crippen LogP) is 3.61. The molecule has 96 valence electrons. The summed E-state index contributed by atoms with van der Waals surface area (Å²) in [6.07, 6.45) is 0. The van der Waals surface area contributed by atoms with Crippen LogP contribution in [0.25, 0.3) is 0 Å². The van der Waals surface area contributed by atoms with E-state index in [0.717, 1.165) is 5.76 Å². The first-order valence-electron chi connectivity index (χ1n) is 6.78. The zero-order valence-corrected chi connectivity index (χ0v) is 12.2. The summed E-state index contributed by atoms with van der Waals surface area (Å²) in [5.41, 5.74) is 8.54. The quantitative estimate of drug-likeness (QED) is 0.593. The minimum absolute atomic E-state index is 0.509. The number of hydrogen-bond donors (Lipinski definition) is 0. The molecule has 0 amide bonds. The van der Waals surface area contributed by atoms with Crippen molar-refractivity contribution in [1.82, 2.24) is 0 Å². The van der Waals surface area contributed by atoms with Gasteiger partial charge in [0.25, 0.3) is 6.73 Å². The summed E-state index contributed by atoms with van der Waals surface area (Å²) >= 11 is 0. The lowest BCUT2D eigenvalue weighted by atomic mass is 9.72. The molecular weight excluding hydrogens is 222 g/mol. The third-order valence-corrected chi connectivity index (χ3v) is 5.28. The van der Waals surface area contributed by atoms with E-state index in [-0.39, 0.29) is 0 Å². The summed E-state index contributed by atoms with van der Waals surface area (Å²) in [4.78, 5) is 0. The maximum Gasteiger partial charge on any atom is 0.293 e. The van der Waals surface area contributed by atoms with Gasteiger partial charge in [-0.1, -0.05) is 12.5 Å². The molecule has 0 aromatic heterocycles. The van der Waals surface area contributed by atoms with Crippen LogP contribution in [0.5, 0.6) is 0 Å². The second kappa shape index (κ2) is 3.59. The number of nitrogens with zero attached hydrogens (tertiary/aromatic N) is 1. The molecule has 1 aliphatic carbocycles. The molecule has 0 saturated heterocycles. The van der Waals surface area contributed by atoms with E-state index in [1.54, 1.807) is 0 Å². The van der Waals surface area contributed by atoms with Crippen LogP contribution in [0.15, 0.2) is 33.7 Å². The average molecular weight is 244 g/mol. The highest BCUT2D eigenvalue weighted by atomic mass is 16.5. The molecule has 0 bridgehead atoms. The van der Waals surface area contributed by atoms with E-state index in [4.69, 9.17) is 4.74 Å². The molecule has 18 heavy (non-hydrogen) atoms. The molecule has 0 saturated carbocycles. The second-order valence-corrected chi connectivity index (χ2v) is 5.88. The van der Waals surface area contributed by atoms with Gasteiger partial charge in [0.05, 0.1) is 5.92 Å². The Morgan fingerprint density at radius 2 is 1.67 bits per heavy atom. The zero-order valence-electron chi connectivity index (χ0n) is 12.2. The molecular formula is C16H22NO+. The molecule has 0 N–H and O–H groups in total. The Balaban J connectivity index is 2.31. The van der Waals surface area contributed by atoms with Crippen molar-refractivity contribution in [2.75, 3.05) is 6.73 Å². The van der Waals surface area contributed by atoms with Crippen molar-refractivity contribution in [3.05, 3.63) is 33.7 Å². The van der Waals surface area contributed by atoms with Gasteiger partial charge in [-0.05, 0) is 44.8 Å². The molecule has 2 atom stereocenters. The van der Waals surface area contributed by atoms with Gasteiger partial charge in [0.15, 0.2) is 11.5 Å². The third-order valence-electron chi connectivity index (χ3n) is 5.28. The average Bonchev–Trinajstić information content (AvgIpc) is 2.78. The highest BCUT2D eigenvalue weighted by Gasteiger charge is 2.48. The van der Waals surface area contributed by atoms with Gasteiger partial charge in [0, 0.05) is 12.5 Å². The molecule has 2 heteroatoms. The van der Waals surface area contributed by atoms with Gasteiger partial charge < -0.3 is 4.74 Å². The van der Waals surface area contributed by atoms with E-state index in [2.05, 4.69) is 46.1 Å². The second-order valence-electron chi connectivity index (χ2n) is 5.88. The van der Waals surface area contributed by atoms with Crippen molar-refractivity contribution in [1.29, 1.82) is 0 Å². The summed E-state index contributed by atoms with van der Waals surface area (Å²) in [7, 11) is 0. The van der Waals surface area contributed by atoms with Crippen molar-refractivity contribution in [3.63, 3.8) is 0 Å². The van der Waals surface area contributed by atoms with Crippen LogP contribution in [-0.4, -0.2) is 17.0 Å². The van der Waals surface area contributed by atoms with Gasteiger partial charge in [-0.2, -0.15) is 4.58 Å². The van der Waals surface area contributed by atoms with Gasteiger partial charge in [-0.3, -0.25) is 0 Å². The first-order chi connectivity index (χ1) is 8.45. The Morgan fingerprint density at radius 1 is 1.00 bits per heavy atom. The summed E-state index contributed by atoms with van der Waals surface area (Å²) in [5.74, 6) is 2.23. The Bertz CT molecular complexity index is 572. The Kier molecular flexibility index (Phi) is 2.35. The molecule has 2 nitrogen and oxygen atoms in total. The Hall–Kier alpha value is -1.31. The minimum atomic E-state index is 0.509. The Labute approximate surface area is 109 Å². The lowest BCUT2D eigenvalue weighted by Gasteiger charge is -2.32. The highest BCUT2D eigenvalue weighted by molar-refractivity contribution is 5.95. The van der Waals surface area contributed by atoms with Gasteiger partial charge in [-0.25, -0.2) is 0 Å². The molecule has 2 unspecified atom stereocenters. The van der Waals surface area contributed by atoms with Crippen LogP contribution < -0.4 is 0 Å². The van der Waals surface area contributed by atoms with Gasteiger partial charge in [0.2, 0.25) is 5.70 Å². The zero-order chi connectivity index (χ0) is 13.2. The van der Waals surface area contributed by atoms with E-state index in [1.165, 1.54) is 33.7 Å². The maximum atomic E-state index is 5.97. The van der Waals surface area contributed by atoms with Crippen LogP contribution in [0, 0.1) is 11.8 Å². The minimum Gasteiger partial charge on any atom is -0.429 e. The fourth-order valence-electron chi connectivity index (χ4n) is 3.59. The van der Waals surface area contributed by atoms with Crippen molar-refractivity contribution >= 4 is 5.71 Å². The van der Waals surface area contributed by atoms with Crippen LogP contribution in [0.2, 0.25) is 0 Å². The molecule has 0 spiro atoms. The van der Waals surface area contributed by atoms with Crippen molar-refractivity contribution in [2.24, 2.45) is 11.8 Å². The van der Waals surface area contributed by atoms with Crippen LogP contribution in [0.1, 0.15) is 41.5 Å². The van der Waals surface area contributed by atoms with Gasteiger partial charge >= 0.3 is 0 Å². The standard InChI is InChI=1S/C16H22NO/c1-8-10(3)14-11(4)9(2)13(6)17-7-18-16(12(8)5)15(14)17/h10,14H,7H2,1-6H3/q+1. The van der Waals surface area contributed by atoms with Gasteiger partial charge in [-0.15, -0.1) is 0 Å². The molecule has 2 aliphatic heterocycles. The fourth-order valence-corrected chi connectivity index (χ4v) is 3.59. The summed E-state index contributed by atoms with van der Waals surface area (Å²) in [6.45, 7) is 14.2. The summed E-state index contributed by atoms with van der Waals surface area (Å²) in [5, 5.41) is 0. The monoisotopic (exact) mass is 244 g/mol. The molecule has 0 fully saturated rings. The normalized spacial score (nSPS) is 31.2. The molecule has 3 aliphatic rings. The lowest BCUT2D eigenvalue weighted by Crippen LogP contribution is -2.33. The SMILES string of the molecule is CC1=C(C)C(C)C2C(C)=C(C)C(C)=[N+]3COC1=C23. The van der Waals surface area contributed by atoms with Crippen molar-refractivity contribution in [3.8, 4) is 0 Å². The molecule has 2 heterocycles. The molecule has 0 aromatic rings. The van der Waals surface area contributed by atoms with Crippen LogP contribution in [-0.2, 0) is 4.74 Å². The first kappa shape index (κ1) is 11.8. The molecule has 0 radical (unpaired) electrons. The highest BCUT2D eigenvalue weighted by Crippen LogP contribution is 2.47. The number of rotatable bonds is 0. The van der Waals surface area contributed by atoms with E-state index in [0.29, 0.717) is 18.6 Å². The van der Waals surface area contributed by atoms with E-state index in [9.17, 15) is 0 Å². The predicted molar refractivity (Wildman–Crippen MR) is 73.3 cm³/mol. The molecule has 0 aromatic carbocycles. The van der Waals surface area contributed by atoms with Crippen molar-refractivity contribution < 1.29 is 9.31 Å².